The zero-order valence-corrected chi connectivity index (χ0v) is 17.8. The molecular weight excluding hydrogens is 420 g/mol. The maximum atomic E-state index is 13.0. The summed E-state index contributed by atoms with van der Waals surface area (Å²) in [4.78, 5) is 41.3. The summed E-state index contributed by atoms with van der Waals surface area (Å²) in [5.41, 5.74) is 0.776. The summed E-state index contributed by atoms with van der Waals surface area (Å²) in [5.74, 6) is -0.962. The molecule has 0 aliphatic carbocycles. The standard InChI is InChI=1S/C22H23ClN4O4/c1-22(15-5-3-2-4-6-15)20(29)27(21(30)25-22)14-19(28)24-17-13-16(23)7-8-18(17)26-9-11-31-12-10-26/h2-8,13H,9-12,14H2,1H3,(H,24,28)(H,25,30)/t22-/m1/s1. The van der Waals surface area contributed by atoms with Crippen LogP contribution in [0.3, 0.4) is 0 Å². The summed E-state index contributed by atoms with van der Waals surface area (Å²) in [6.45, 7) is 3.79. The summed E-state index contributed by atoms with van der Waals surface area (Å²) < 4.78 is 5.39. The smallest absolute Gasteiger partial charge is 0.325 e. The van der Waals surface area contributed by atoms with E-state index in [1.807, 2.05) is 12.1 Å². The van der Waals surface area contributed by atoms with E-state index in [9.17, 15) is 14.4 Å². The van der Waals surface area contributed by atoms with Gasteiger partial charge in [0.1, 0.15) is 12.1 Å². The van der Waals surface area contributed by atoms with Gasteiger partial charge in [-0.1, -0.05) is 41.9 Å². The van der Waals surface area contributed by atoms with Gasteiger partial charge < -0.3 is 20.3 Å². The van der Waals surface area contributed by atoms with Gasteiger partial charge in [0.25, 0.3) is 5.91 Å². The molecule has 2 aliphatic rings. The van der Waals surface area contributed by atoms with Crippen LogP contribution < -0.4 is 15.5 Å². The van der Waals surface area contributed by atoms with Crippen LogP contribution in [0.25, 0.3) is 0 Å². The van der Waals surface area contributed by atoms with Crippen LogP contribution >= 0.6 is 11.6 Å². The van der Waals surface area contributed by atoms with Gasteiger partial charge >= 0.3 is 6.03 Å². The number of halogens is 1. The van der Waals surface area contributed by atoms with E-state index < -0.39 is 29.9 Å². The Kier molecular flexibility index (Phi) is 5.84. The van der Waals surface area contributed by atoms with E-state index in [1.165, 1.54) is 0 Å². The number of nitrogens with zero attached hydrogens (tertiary/aromatic N) is 2. The fourth-order valence-corrected chi connectivity index (χ4v) is 4.00. The Morgan fingerprint density at radius 1 is 1.16 bits per heavy atom. The highest BCUT2D eigenvalue weighted by atomic mass is 35.5. The van der Waals surface area contributed by atoms with E-state index in [4.69, 9.17) is 16.3 Å². The number of urea groups is 1. The van der Waals surface area contributed by atoms with Crippen molar-refractivity contribution in [3.63, 3.8) is 0 Å². The predicted molar refractivity (Wildman–Crippen MR) is 117 cm³/mol. The highest BCUT2D eigenvalue weighted by Crippen LogP contribution is 2.31. The molecule has 2 aromatic rings. The SMILES string of the molecule is C[C@]1(c2ccccc2)NC(=O)N(CC(=O)Nc2cc(Cl)ccc2N2CCOCC2)C1=O. The average molecular weight is 443 g/mol. The third-order valence-corrected chi connectivity index (χ3v) is 5.75. The number of morpholine rings is 1. The number of rotatable bonds is 5. The number of amides is 4. The number of hydrogen-bond donors (Lipinski definition) is 2. The first-order chi connectivity index (χ1) is 14.9. The minimum absolute atomic E-state index is 0.401. The molecule has 0 radical (unpaired) electrons. The maximum Gasteiger partial charge on any atom is 0.325 e. The van der Waals surface area contributed by atoms with Gasteiger partial charge in [-0.25, -0.2) is 4.79 Å². The van der Waals surface area contributed by atoms with Crippen LogP contribution in [0.15, 0.2) is 48.5 Å². The molecule has 0 saturated carbocycles. The third kappa shape index (κ3) is 4.22. The number of anilines is 2. The second-order valence-corrected chi connectivity index (χ2v) is 8.06. The molecule has 31 heavy (non-hydrogen) atoms. The van der Waals surface area contributed by atoms with Crippen molar-refractivity contribution in [2.75, 3.05) is 43.1 Å². The fourth-order valence-electron chi connectivity index (χ4n) is 3.83. The molecule has 0 unspecified atom stereocenters. The molecule has 2 heterocycles. The van der Waals surface area contributed by atoms with Crippen molar-refractivity contribution in [1.82, 2.24) is 10.2 Å². The predicted octanol–water partition coefficient (Wildman–Crippen LogP) is 2.58. The third-order valence-electron chi connectivity index (χ3n) is 5.51. The molecule has 0 aromatic heterocycles. The van der Waals surface area contributed by atoms with Crippen molar-refractivity contribution >= 4 is 40.8 Å². The molecule has 2 N–H and O–H groups in total. The summed E-state index contributed by atoms with van der Waals surface area (Å²) in [6, 6.07) is 13.6. The normalized spacial score (nSPS) is 21.2. The zero-order valence-electron chi connectivity index (χ0n) is 17.1. The first-order valence-corrected chi connectivity index (χ1v) is 10.4. The molecule has 4 rings (SSSR count). The quantitative estimate of drug-likeness (QED) is 0.694. The number of nitrogens with one attached hydrogen (secondary N) is 2. The first kappa shape index (κ1) is 21.1. The lowest BCUT2D eigenvalue weighted by atomic mass is 9.92. The molecule has 1 atom stereocenters. The second-order valence-electron chi connectivity index (χ2n) is 7.62. The van der Waals surface area contributed by atoms with E-state index in [0.717, 1.165) is 10.6 Å². The number of hydrogen-bond acceptors (Lipinski definition) is 5. The Morgan fingerprint density at radius 2 is 1.87 bits per heavy atom. The minimum atomic E-state index is -1.21. The van der Waals surface area contributed by atoms with Crippen molar-refractivity contribution in [2.24, 2.45) is 0 Å². The van der Waals surface area contributed by atoms with Crippen LogP contribution in [0.4, 0.5) is 16.2 Å². The molecule has 2 saturated heterocycles. The Hall–Kier alpha value is -3.10. The van der Waals surface area contributed by atoms with Gasteiger partial charge in [0, 0.05) is 18.1 Å². The molecule has 0 bridgehead atoms. The topological polar surface area (TPSA) is 91.0 Å². The number of carbonyl (C=O) groups is 3. The second kappa shape index (κ2) is 8.56. The van der Waals surface area contributed by atoms with E-state index in [1.54, 1.807) is 43.3 Å². The van der Waals surface area contributed by atoms with Gasteiger partial charge in [0.15, 0.2) is 0 Å². The number of benzene rings is 2. The van der Waals surface area contributed by atoms with Gasteiger partial charge in [0.05, 0.1) is 24.6 Å². The summed E-state index contributed by atoms with van der Waals surface area (Å²) in [7, 11) is 0. The van der Waals surface area contributed by atoms with Crippen molar-refractivity contribution in [3.8, 4) is 0 Å². The van der Waals surface area contributed by atoms with Crippen molar-refractivity contribution < 1.29 is 19.1 Å². The molecular formula is C22H23ClN4O4. The van der Waals surface area contributed by atoms with E-state index >= 15 is 0 Å². The van der Waals surface area contributed by atoms with Gasteiger partial charge in [-0.3, -0.25) is 14.5 Å². The number of carbonyl (C=O) groups excluding carboxylic acids is 3. The summed E-state index contributed by atoms with van der Waals surface area (Å²) in [5, 5.41) is 5.98. The lowest BCUT2D eigenvalue weighted by Gasteiger charge is -2.30. The molecule has 4 amide bonds. The summed E-state index contributed by atoms with van der Waals surface area (Å²) >= 11 is 6.14. The van der Waals surface area contributed by atoms with Crippen LogP contribution in [0, 0.1) is 0 Å². The lowest BCUT2D eigenvalue weighted by molar-refractivity contribution is -0.133. The number of imide groups is 1. The number of ether oxygens (including phenoxy) is 1. The lowest BCUT2D eigenvalue weighted by Crippen LogP contribution is -2.42. The van der Waals surface area contributed by atoms with Crippen LogP contribution in [0.2, 0.25) is 5.02 Å². The maximum absolute atomic E-state index is 13.0. The molecule has 0 spiro atoms. The van der Waals surface area contributed by atoms with Gasteiger partial charge in [-0.05, 0) is 30.7 Å². The monoisotopic (exact) mass is 442 g/mol. The zero-order chi connectivity index (χ0) is 22.0. The van der Waals surface area contributed by atoms with E-state index in [2.05, 4.69) is 15.5 Å². The van der Waals surface area contributed by atoms with E-state index in [0.29, 0.717) is 42.6 Å². The van der Waals surface area contributed by atoms with Crippen LogP contribution in [0.5, 0.6) is 0 Å². The Labute approximate surface area is 185 Å². The molecule has 162 valence electrons. The van der Waals surface area contributed by atoms with Crippen LogP contribution in [0.1, 0.15) is 12.5 Å². The fraction of sp³-hybridized carbons (Fsp3) is 0.318. The highest BCUT2D eigenvalue weighted by Gasteiger charge is 2.49. The Morgan fingerprint density at radius 3 is 2.58 bits per heavy atom. The molecule has 2 aromatic carbocycles. The first-order valence-electron chi connectivity index (χ1n) is 10.0. The van der Waals surface area contributed by atoms with Gasteiger partial charge in [-0.15, -0.1) is 0 Å². The van der Waals surface area contributed by atoms with Gasteiger partial charge in [-0.2, -0.15) is 0 Å². The highest BCUT2D eigenvalue weighted by molar-refractivity contribution is 6.31. The van der Waals surface area contributed by atoms with Crippen molar-refractivity contribution in [1.29, 1.82) is 0 Å². The average Bonchev–Trinajstić information content (AvgIpc) is 2.99. The molecule has 2 aliphatic heterocycles. The summed E-state index contributed by atoms with van der Waals surface area (Å²) in [6.07, 6.45) is 0. The molecule has 9 heteroatoms. The van der Waals surface area contributed by atoms with E-state index in [-0.39, 0.29) is 0 Å². The Bertz CT molecular complexity index is 1010. The van der Waals surface area contributed by atoms with Crippen LogP contribution in [-0.2, 0) is 19.9 Å². The van der Waals surface area contributed by atoms with Crippen molar-refractivity contribution in [3.05, 3.63) is 59.1 Å². The van der Waals surface area contributed by atoms with Gasteiger partial charge in [0.2, 0.25) is 5.91 Å². The van der Waals surface area contributed by atoms with Crippen molar-refractivity contribution in [2.45, 2.75) is 12.5 Å². The molecule has 8 nitrogen and oxygen atoms in total. The van der Waals surface area contributed by atoms with Crippen LogP contribution in [-0.4, -0.2) is 55.6 Å². The molecule has 2 fully saturated rings. The minimum Gasteiger partial charge on any atom is -0.378 e. The largest absolute Gasteiger partial charge is 0.378 e. The Balaban J connectivity index is 1.50.